The SMILES string of the molecule is C.Cc1ccc(S(=O)(=O)[O-])cc1.Cc1ccc(S(=O)(=O)[O-])cc1.NC(Cc1ccccc1)C(=O)O.OCCOCCO.[NH3+]C(Cc1ccccc1)C(=O)OCCOCCOC(=O)C([NH3+])Cc1ccccc1. The summed E-state index contributed by atoms with van der Waals surface area (Å²) < 4.78 is 82.6. The molecule has 392 valence electrons. The highest BCUT2D eigenvalue weighted by Crippen LogP contribution is 2.10. The zero-order chi connectivity index (χ0) is 52.4. The molecule has 0 bridgehead atoms. The number of esters is 2. The first-order valence-corrected chi connectivity index (χ1v) is 24.5. The van der Waals surface area contributed by atoms with Gasteiger partial charge in [-0.2, -0.15) is 0 Å². The molecule has 0 aliphatic carbocycles. The van der Waals surface area contributed by atoms with Gasteiger partial charge >= 0.3 is 17.9 Å². The number of ether oxygens (including phenoxy) is 4. The third kappa shape index (κ3) is 31.8. The number of carbonyl (C=O) groups excluding carboxylic acids is 2. The summed E-state index contributed by atoms with van der Waals surface area (Å²) in [6.45, 7) is 5.08. The number of benzene rings is 5. The normalized spacial score (nSPS) is 11.8. The molecule has 0 fully saturated rings. The molecular weight excluding hydrogens is 963 g/mol. The summed E-state index contributed by atoms with van der Waals surface area (Å²) in [7, 11) is -8.54. The van der Waals surface area contributed by atoms with E-state index in [1.807, 2.05) is 105 Å². The van der Waals surface area contributed by atoms with Gasteiger partial charge in [-0.3, -0.25) is 4.79 Å². The summed E-state index contributed by atoms with van der Waals surface area (Å²) in [5, 5.41) is 24.7. The van der Waals surface area contributed by atoms with Crippen LogP contribution < -0.4 is 17.2 Å². The maximum absolute atomic E-state index is 11.9. The number of aryl methyl sites for hydroxylation is 2. The van der Waals surface area contributed by atoms with E-state index < -0.39 is 44.3 Å². The first-order chi connectivity index (χ1) is 33.2. The number of hydrogen-bond acceptors (Lipinski definition) is 16. The Morgan fingerprint density at radius 1 is 0.521 bits per heavy atom. The summed E-state index contributed by atoms with van der Waals surface area (Å²) in [5.74, 6) is -1.67. The van der Waals surface area contributed by atoms with Crippen molar-refractivity contribution in [1.29, 1.82) is 0 Å². The zero-order valence-electron chi connectivity index (χ0n) is 39.2. The van der Waals surface area contributed by atoms with E-state index in [4.69, 9.17) is 35.3 Å². The van der Waals surface area contributed by atoms with E-state index >= 15 is 0 Å². The first-order valence-electron chi connectivity index (χ1n) is 21.7. The van der Waals surface area contributed by atoms with E-state index in [0.717, 1.165) is 27.8 Å². The summed E-state index contributed by atoms with van der Waals surface area (Å²) in [5.41, 5.74) is 17.9. The van der Waals surface area contributed by atoms with Gasteiger partial charge in [0.05, 0.1) is 49.4 Å². The minimum atomic E-state index is -4.27. The summed E-state index contributed by atoms with van der Waals surface area (Å²) in [6.07, 6.45) is 1.45. The van der Waals surface area contributed by atoms with Crippen LogP contribution in [0.5, 0.6) is 0 Å². The van der Waals surface area contributed by atoms with Crippen molar-refractivity contribution >= 4 is 38.1 Å². The quantitative estimate of drug-likeness (QED) is 0.0347. The van der Waals surface area contributed by atoms with Gasteiger partial charge < -0.3 is 60.6 Å². The van der Waals surface area contributed by atoms with Crippen molar-refractivity contribution in [2.75, 3.05) is 52.9 Å². The lowest BCUT2D eigenvalue weighted by Gasteiger charge is -2.11. The van der Waals surface area contributed by atoms with Crippen LogP contribution in [0.4, 0.5) is 0 Å². The Labute approximate surface area is 417 Å². The lowest BCUT2D eigenvalue weighted by Crippen LogP contribution is -2.66. The largest absolute Gasteiger partial charge is 0.744 e. The molecule has 0 heterocycles. The maximum atomic E-state index is 11.9. The van der Waals surface area contributed by atoms with Crippen LogP contribution >= 0.6 is 0 Å². The number of rotatable bonds is 21. The van der Waals surface area contributed by atoms with Crippen molar-refractivity contribution in [3.05, 3.63) is 167 Å². The molecule has 0 spiro atoms. The fraction of sp³-hybridized carbons (Fsp3) is 0.340. The molecule has 3 atom stereocenters. The van der Waals surface area contributed by atoms with E-state index in [9.17, 15) is 40.3 Å². The summed E-state index contributed by atoms with van der Waals surface area (Å²) in [6, 6.07) is 38.5. The Balaban J connectivity index is 0.000000965. The molecule has 5 aromatic carbocycles. The Kier molecular flexibility index (Phi) is 33.8. The number of carboxylic acid groups (broad SMARTS) is 1. The van der Waals surface area contributed by atoms with Gasteiger partial charge in [-0.1, -0.05) is 134 Å². The molecule has 19 nitrogen and oxygen atoms in total. The fourth-order valence-corrected chi connectivity index (χ4v) is 6.24. The Morgan fingerprint density at radius 3 is 1.10 bits per heavy atom. The highest BCUT2D eigenvalue weighted by atomic mass is 32.2. The monoisotopic (exact) mass is 1030 g/mol. The Hall–Kier alpha value is -5.95. The Morgan fingerprint density at radius 2 is 0.817 bits per heavy atom. The molecule has 11 N–H and O–H groups in total. The van der Waals surface area contributed by atoms with Gasteiger partial charge in [0, 0.05) is 12.8 Å². The van der Waals surface area contributed by atoms with Crippen molar-refractivity contribution in [3.8, 4) is 0 Å². The standard InChI is InChI=1S/C22H28N2O5.C9H11NO2.2C7H8O3S.C4H10O3.CH4/c23-19(15-17-7-3-1-4-8-17)21(25)28-13-11-27-12-14-29-22(26)20(24)16-18-9-5-2-6-10-18;10-8(9(11)12)6-7-4-2-1-3-5-7;2*1-6-2-4-7(5-3-6)11(8,9)10;5-1-3-7-4-2-6;/h1-10,19-20H,11-16,23-24H2;1-5,8H,6,10H2,(H,11,12);2*2-5H,1H3,(H,8,9,10);5-6H,1-4H2;1H4. The lowest BCUT2D eigenvalue weighted by molar-refractivity contribution is -0.408. The first kappa shape index (κ1) is 65.0. The third-order valence-electron chi connectivity index (χ3n) is 8.97. The maximum Gasteiger partial charge on any atom is 0.365 e. The summed E-state index contributed by atoms with van der Waals surface area (Å²) in [4.78, 5) is 33.9. The zero-order valence-corrected chi connectivity index (χ0v) is 40.9. The molecule has 0 saturated heterocycles. The molecule has 5 aromatic rings. The second-order valence-corrected chi connectivity index (χ2v) is 17.7. The van der Waals surface area contributed by atoms with Crippen LogP contribution in [0.15, 0.2) is 149 Å². The number of aliphatic carboxylic acids is 1. The van der Waals surface area contributed by atoms with E-state index in [1.54, 1.807) is 24.3 Å². The molecule has 0 aliphatic heterocycles. The fourth-order valence-electron chi connectivity index (χ4n) is 5.30. The van der Waals surface area contributed by atoms with Crippen LogP contribution in [0.2, 0.25) is 0 Å². The molecule has 0 saturated carbocycles. The van der Waals surface area contributed by atoms with Crippen molar-refractivity contribution in [2.45, 2.75) is 68.5 Å². The van der Waals surface area contributed by atoms with Crippen LogP contribution in [-0.2, 0) is 72.8 Å². The van der Waals surface area contributed by atoms with Gasteiger partial charge in [0.15, 0.2) is 12.1 Å². The van der Waals surface area contributed by atoms with Crippen molar-refractivity contribution in [3.63, 3.8) is 0 Å². The van der Waals surface area contributed by atoms with E-state index in [-0.39, 0.29) is 68.8 Å². The highest BCUT2D eigenvalue weighted by Gasteiger charge is 2.20. The van der Waals surface area contributed by atoms with Gasteiger partial charge in [-0.15, -0.1) is 0 Å². The van der Waals surface area contributed by atoms with Gasteiger partial charge in [0.25, 0.3) is 0 Å². The number of carboxylic acids is 1. The third-order valence-corrected chi connectivity index (χ3v) is 10.7. The van der Waals surface area contributed by atoms with Crippen LogP contribution in [0.3, 0.4) is 0 Å². The van der Waals surface area contributed by atoms with Crippen LogP contribution in [0.25, 0.3) is 0 Å². The minimum Gasteiger partial charge on any atom is -0.744 e. The van der Waals surface area contributed by atoms with Gasteiger partial charge in [0.1, 0.15) is 39.5 Å². The van der Waals surface area contributed by atoms with Crippen LogP contribution in [-0.4, -0.2) is 130 Å². The van der Waals surface area contributed by atoms with Crippen molar-refractivity contribution in [1.82, 2.24) is 0 Å². The molecule has 0 radical (unpaired) electrons. The lowest BCUT2D eigenvalue weighted by atomic mass is 10.1. The summed E-state index contributed by atoms with van der Waals surface area (Å²) >= 11 is 0. The predicted molar refractivity (Wildman–Crippen MR) is 262 cm³/mol. The van der Waals surface area contributed by atoms with Crippen LogP contribution in [0, 0.1) is 13.8 Å². The number of carbonyl (C=O) groups is 3. The van der Waals surface area contributed by atoms with E-state index in [0.29, 0.717) is 32.5 Å². The molecule has 21 heteroatoms. The number of aliphatic hydroxyl groups excluding tert-OH is 2. The molecule has 0 amide bonds. The molecule has 71 heavy (non-hydrogen) atoms. The van der Waals surface area contributed by atoms with Gasteiger partial charge in [-0.05, 0) is 61.2 Å². The predicted octanol–water partition coefficient (Wildman–Crippen LogP) is 1.86. The Bertz CT molecular complexity index is 2280. The average Bonchev–Trinajstić information content (AvgIpc) is 3.32. The topological polar surface area (TPSA) is 345 Å². The molecule has 3 unspecified atom stereocenters. The number of nitrogens with two attached hydrogens (primary N) is 1. The minimum absolute atomic E-state index is 0. The van der Waals surface area contributed by atoms with Gasteiger partial charge in [0.2, 0.25) is 0 Å². The number of hydrogen-bond donors (Lipinski definition) is 6. The molecule has 0 aromatic heterocycles. The number of aliphatic hydroxyl groups is 2. The molecular formula is C50H69N3O16S2. The van der Waals surface area contributed by atoms with E-state index in [1.165, 1.54) is 24.3 Å². The highest BCUT2D eigenvalue weighted by molar-refractivity contribution is 7.86. The second kappa shape index (κ2) is 36.9. The van der Waals surface area contributed by atoms with Crippen molar-refractivity contribution < 1.29 is 86.1 Å². The van der Waals surface area contributed by atoms with Crippen LogP contribution in [0.1, 0.15) is 35.2 Å². The molecule has 0 aliphatic rings. The second-order valence-electron chi connectivity index (χ2n) is 14.9. The van der Waals surface area contributed by atoms with Gasteiger partial charge in [-0.25, -0.2) is 26.4 Å². The molecule has 5 rings (SSSR count). The smallest absolute Gasteiger partial charge is 0.365 e. The van der Waals surface area contributed by atoms with E-state index in [2.05, 4.69) is 16.2 Å². The average molecular weight is 1030 g/mol. The number of quaternary nitrogens is 2. The van der Waals surface area contributed by atoms with Crippen molar-refractivity contribution in [2.24, 2.45) is 5.73 Å².